The lowest BCUT2D eigenvalue weighted by Gasteiger charge is -2.38. The molecule has 17 heavy (non-hydrogen) atoms. The van der Waals surface area contributed by atoms with Crippen LogP contribution in [0.1, 0.15) is 6.92 Å². The van der Waals surface area contributed by atoms with Gasteiger partial charge in [-0.2, -0.15) is 4.89 Å². The third kappa shape index (κ3) is 2.11. The van der Waals surface area contributed by atoms with E-state index >= 15 is 0 Å². The number of likely N-dealkylation sites (N-methyl/N-ethyl adjacent to an activating group) is 1. The quantitative estimate of drug-likeness (QED) is 0.576. The van der Waals surface area contributed by atoms with E-state index in [9.17, 15) is 0 Å². The molecule has 2 aliphatic heterocycles. The molecule has 2 heterocycles. The van der Waals surface area contributed by atoms with Gasteiger partial charge in [0.15, 0.2) is 5.84 Å². The van der Waals surface area contributed by atoms with Gasteiger partial charge in [0.25, 0.3) is 0 Å². The molecule has 0 saturated carbocycles. The zero-order chi connectivity index (χ0) is 12.4. The molecule has 0 radical (unpaired) electrons. The third-order valence-electron chi connectivity index (χ3n) is 2.89. The van der Waals surface area contributed by atoms with E-state index in [4.69, 9.17) is 9.78 Å². The largest absolute Gasteiger partial charge is 0.342 e. The summed E-state index contributed by atoms with van der Waals surface area (Å²) in [6.07, 6.45) is 4.79. The van der Waals surface area contributed by atoms with Crippen molar-refractivity contribution >= 4 is 5.84 Å². The SMILES string of the molecule is C=CC1N=C2NC(C)=COOC2N(C)C1C=C. The first kappa shape index (κ1) is 11.9. The van der Waals surface area contributed by atoms with Gasteiger partial charge in [-0.25, -0.2) is 0 Å². The number of nitrogens with one attached hydrogen (secondary N) is 1. The fraction of sp³-hybridized carbons (Fsp3) is 0.417. The van der Waals surface area contributed by atoms with Gasteiger partial charge in [0.1, 0.15) is 6.26 Å². The first-order chi connectivity index (χ1) is 8.17. The topological polar surface area (TPSA) is 46.1 Å². The summed E-state index contributed by atoms with van der Waals surface area (Å²) in [5, 5.41) is 3.16. The molecule has 3 atom stereocenters. The Bertz CT molecular complexity index is 389. The molecule has 5 nitrogen and oxygen atoms in total. The Morgan fingerprint density at radius 1 is 1.47 bits per heavy atom. The van der Waals surface area contributed by atoms with Crippen LogP contribution in [0.3, 0.4) is 0 Å². The third-order valence-corrected chi connectivity index (χ3v) is 2.89. The Labute approximate surface area is 101 Å². The molecule has 0 aromatic rings. The molecule has 0 spiro atoms. The zero-order valence-electron chi connectivity index (χ0n) is 10.1. The highest BCUT2D eigenvalue weighted by Crippen LogP contribution is 2.21. The predicted octanol–water partition coefficient (Wildman–Crippen LogP) is 1.18. The highest BCUT2D eigenvalue weighted by atomic mass is 17.2. The minimum Gasteiger partial charge on any atom is -0.342 e. The molecule has 0 aromatic heterocycles. The second kappa shape index (κ2) is 4.73. The van der Waals surface area contributed by atoms with Gasteiger partial charge in [0.2, 0.25) is 6.23 Å². The molecule has 3 unspecified atom stereocenters. The number of hydrogen-bond acceptors (Lipinski definition) is 5. The van der Waals surface area contributed by atoms with E-state index in [1.807, 2.05) is 24.9 Å². The second-order valence-electron chi connectivity index (χ2n) is 4.10. The van der Waals surface area contributed by atoms with Crippen molar-refractivity contribution in [1.82, 2.24) is 10.2 Å². The van der Waals surface area contributed by atoms with Crippen LogP contribution in [0.25, 0.3) is 0 Å². The highest BCUT2D eigenvalue weighted by molar-refractivity contribution is 5.88. The molecule has 0 amide bonds. The second-order valence-corrected chi connectivity index (χ2v) is 4.10. The average Bonchev–Trinajstić information content (AvgIpc) is 2.50. The summed E-state index contributed by atoms with van der Waals surface area (Å²) in [5.74, 6) is 0.724. The van der Waals surface area contributed by atoms with E-state index < -0.39 is 0 Å². The van der Waals surface area contributed by atoms with Crippen molar-refractivity contribution in [2.24, 2.45) is 4.99 Å². The number of amidine groups is 1. The van der Waals surface area contributed by atoms with Gasteiger partial charge in [0, 0.05) is 0 Å². The van der Waals surface area contributed by atoms with Crippen LogP contribution >= 0.6 is 0 Å². The van der Waals surface area contributed by atoms with Gasteiger partial charge in [0.05, 0.1) is 17.8 Å². The molecule has 0 aliphatic carbocycles. The highest BCUT2D eigenvalue weighted by Gasteiger charge is 2.37. The number of aliphatic imine (C=N–C) groups is 1. The van der Waals surface area contributed by atoms with Crippen LogP contribution in [-0.2, 0) is 9.78 Å². The molecule has 0 bridgehead atoms. The minimum absolute atomic E-state index is 0.0363. The maximum Gasteiger partial charge on any atom is 0.216 e. The van der Waals surface area contributed by atoms with Crippen LogP contribution in [0.2, 0.25) is 0 Å². The summed E-state index contributed by atoms with van der Waals surface area (Å²) < 4.78 is 0. The minimum atomic E-state index is -0.358. The van der Waals surface area contributed by atoms with Crippen molar-refractivity contribution in [3.63, 3.8) is 0 Å². The summed E-state index contributed by atoms with van der Waals surface area (Å²) in [7, 11) is 1.94. The Hall–Kier alpha value is -1.59. The lowest BCUT2D eigenvalue weighted by Crippen LogP contribution is -2.56. The Kier molecular flexibility index (Phi) is 3.31. The van der Waals surface area contributed by atoms with Crippen molar-refractivity contribution in [1.29, 1.82) is 0 Å². The van der Waals surface area contributed by atoms with Crippen LogP contribution in [0.15, 0.2) is 42.3 Å². The fourth-order valence-corrected chi connectivity index (χ4v) is 1.98. The number of hydrogen-bond donors (Lipinski definition) is 1. The summed E-state index contributed by atoms with van der Waals surface area (Å²) in [6.45, 7) is 9.51. The van der Waals surface area contributed by atoms with Crippen LogP contribution in [0.4, 0.5) is 0 Å². The molecule has 1 N–H and O–H groups in total. The Morgan fingerprint density at radius 3 is 2.88 bits per heavy atom. The van der Waals surface area contributed by atoms with E-state index in [-0.39, 0.29) is 18.3 Å². The standard InChI is InChI=1S/C12H17N3O2/c1-5-9-10(6-2)15(4)12-11(14-9)13-8(3)7-16-17-12/h5-7,9-10,12H,1-2H2,3-4H3,(H,13,14). The lowest BCUT2D eigenvalue weighted by atomic mass is 10.0. The number of allylic oxidation sites excluding steroid dienone is 1. The monoisotopic (exact) mass is 235 g/mol. The van der Waals surface area contributed by atoms with Crippen LogP contribution in [-0.4, -0.2) is 36.1 Å². The van der Waals surface area contributed by atoms with Gasteiger partial charge in [-0.15, -0.1) is 13.2 Å². The smallest absolute Gasteiger partial charge is 0.216 e. The van der Waals surface area contributed by atoms with E-state index in [1.165, 1.54) is 6.26 Å². The van der Waals surface area contributed by atoms with Crippen molar-refractivity contribution < 1.29 is 9.78 Å². The maximum absolute atomic E-state index is 5.29. The first-order valence-corrected chi connectivity index (χ1v) is 5.48. The molecular formula is C12H17N3O2. The summed E-state index contributed by atoms with van der Waals surface area (Å²) in [4.78, 5) is 16.9. The van der Waals surface area contributed by atoms with E-state index in [0.29, 0.717) is 0 Å². The van der Waals surface area contributed by atoms with E-state index in [2.05, 4.69) is 23.5 Å². The molecule has 0 saturated heterocycles. The number of fused-ring (bicyclic) bond motifs is 1. The average molecular weight is 235 g/mol. The summed E-state index contributed by atoms with van der Waals surface area (Å²) in [6, 6.07) is 0.0100. The van der Waals surface area contributed by atoms with Crippen LogP contribution in [0, 0.1) is 0 Å². The van der Waals surface area contributed by atoms with Crippen molar-refractivity contribution in [2.75, 3.05) is 7.05 Å². The van der Waals surface area contributed by atoms with E-state index in [0.717, 1.165) is 11.5 Å². The zero-order valence-corrected chi connectivity index (χ0v) is 10.1. The van der Waals surface area contributed by atoms with Gasteiger partial charge in [-0.05, 0) is 14.0 Å². The normalized spacial score (nSPS) is 33.2. The van der Waals surface area contributed by atoms with Crippen molar-refractivity contribution in [2.45, 2.75) is 25.2 Å². The predicted molar refractivity (Wildman–Crippen MR) is 66.0 cm³/mol. The lowest BCUT2D eigenvalue weighted by molar-refractivity contribution is -0.296. The van der Waals surface area contributed by atoms with Crippen LogP contribution in [0.5, 0.6) is 0 Å². The summed E-state index contributed by atoms with van der Waals surface area (Å²) in [5.41, 5.74) is 0.847. The van der Waals surface area contributed by atoms with Gasteiger partial charge in [-0.3, -0.25) is 9.89 Å². The molecule has 5 heteroatoms. The number of rotatable bonds is 2. The molecular weight excluding hydrogens is 218 g/mol. The molecule has 2 aliphatic rings. The Balaban J connectivity index is 2.34. The first-order valence-electron chi connectivity index (χ1n) is 5.48. The molecule has 0 aromatic carbocycles. The van der Waals surface area contributed by atoms with Gasteiger partial charge < -0.3 is 10.2 Å². The van der Waals surface area contributed by atoms with Crippen molar-refractivity contribution in [3.8, 4) is 0 Å². The van der Waals surface area contributed by atoms with Crippen molar-refractivity contribution in [3.05, 3.63) is 37.3 Å². The maximum atomic E-state index is 5.29. The number of nitrogens with zero attached hydrogens (tertiary/aromatic N) is 2. The van der Waals surface area contributed by atoms with Gasteiger partial charge >= 0.3 is 0 Å². The van der Waals surface area contributed by atoms with E-state index in [1.54, 1.807) is 6.08 Å². The molecule has 92 valence electrons. The molecule has 2 rings (SSSR count). The fourth-order valence-electron chi connectivity index (χ4n) is 1.98. The Morgan fingerprint density at radius 2 is 2.24 bits per heavy atom. The molecule has 0 fully saturated rings. The summed E-state index contributed by atoms with van der Waals surface area (Å²) >= 11 is 0. The van der Waals surface area contributed by atoms with Gasteiger partial charge in [-0.1, -0.05) is 12.2 Å². The van der Waals surface area contributed by atoms with Crippen LogP contribution < -0.4 is 5.32 Å².